The van der Waals surface area contributed by atoms with Gasteiger partial charge in [0.2, 0.25) is 0 Å². The Morgan fingerprint density at radius 1 is 1.38 bits per heavy atom. The van der Waals surface area contributed by atoms with Crippen LogP contribution >= 0.6 is 12.2 Å². The maximum absolute atomic E-state index is 12.1. The largest absolute Gasteiger partial charge is 0.465 e. The van der Waals surface area contributed by atoms with Crippen molar-refractivity contribution in [3.05, 3.63) is 53.1 Å². The SMILES string of the molecule is CCOC(=O)CN1C(=S)NC(c2ccccn2)C1c1cc(C)n(C)c1C. The first-order chi connectivity index (χ1) is 12.4. The molecule has 0 saturated carbocycles. The van der Waals surface area contributed by atoms with Gasteiger partial charge in [-0.15, -0.1) is 0 Å². The summed E-state index contributed by atoms with van der Waals surface area (Å²) in [5.41, 5.74) is 4.34. The maximum atomic E-state index is 12.1. The minimum absolute atomic E-state index is 0.112. The molecular weight excluding hydrogens is 348 g/mol. The van der Waals surface area contributed by atoms with Crippen LogP contribution in [0.1, 0.15) is 41.7 Å². The van der Waals surface area contributed by atoms with Crippen molar-refractivity contribution in [2.45, 2.75) is 32.9 Å². The number of aromatic nitrogens is 2. The van der Waals surface area contributed by atoms with E-state index in [0.717, 1.165) is 22.6 Å². The number of aryl methyl sites for hydroxylation is 1. The topological polar surface area (TPSA) is 59.4 Å². The molecule has 1 N–H and O–H groups in total. The van der Waals surface area contributed by atoms with Gasteiger partial charge in [0, 0.05) is 24.6 Å². The van der Waals surface area contributed by atoms with Crippen LogP contribution in [0.2, 0.25) is 0 Å². The zero-order valence-corrected chi connectivity index (χ0v) is 16.3. The molecule has 2 aromatic rings. The standard InChI is InChI=1S/C19H24N4O2S/c1-5-25-16(24)11-23-18(14-10-12(2)22(4)13(14)3)17(21-19(23)26)15-8-6-7-9-20-15/h6-10,17-18H,5,11H2,1-4H3,(H,21,26). The Labute approximate surface area is 159 Å². The number of carbonyl (C=O) groups is 1. The lowest BCUT2D eigenvalue weighted by Crippen LogP contribution is -2.35. The van der Waals surface area contributed by atoms with E-state index in [-0.39, 0.29) is 24.6 Å². The molecule has 0 amide bonds. The van der Waals surface area contributed by atoms with Crippen LogP contribution in [0.3, 0.4) is 0 Å². The van der Waals surface area contributed by atoms with Gasteiger partial charge in [0.25, 0.3) is 0 Å². The Morgan fingerprint density at radius 2 is 2.15 bits per heavy atom. The van der Waals surface area contributed by atoms with Crippen molar-refractivity contribution in [1.82, 2.24) is 19.8 Å². The first kappa shape index (κ1) is 18.4. The second kappa shape index (κ2) is 7.45. The number of pyridine rings is 1. The first-order valence-corrected chi connectivity index (χ1v) is 9.11. The highest BCUT2D eigenvalue weighted by atomic mass is 32.1. The fraction of sp³-hybridized carbons (Fsp3) is 0.421. The quantitative estimate of drug-likeness (QED) is 0.643. The highest BCUT2D eigenvalue weighted by Crippen LogP contribution is 2.40. The van der Waals surface area contributed by atoms with Gasteiger partial charge in [0.1, 0.15) is 6.54 Å². The van der Waals surface area contributed by atoms with Crippen LogP contribution in [0.25, 0.3) is 0 Å². The minimum Gasteiger partial charge on any atom is -0.465 e. The minimum atomic E-state index is -0.284. The smallest absolute Gasteiger partial charge is 0.325 e. The van der Waals surface area contributed by atoms with Gasteiger partial charge >= 0.3 is 5.97 Å². The summed E-state index contributed by atoms with van der Waals surface area (Å²) in [7, 11) is 2.04. The highest BCUT2D eigenvalue weighted by Gasteiger charge is 2.42. The van der Waals surface area contributed by atoms with Crippen LogP contribution in [0.15, 0.2) is 30.5 Å². The maximum Gasteiger partial charge on any atom is 0.325 e. The number of ether oxygens (including phenoxy) is 1. The summed E-state index contributed by atoms with van der Waals surface area (Å²) in [6.07, 6.45) is 1.77. The van der Waals surface area contributed by atoms with Crippen molar-refractivity contribution in [3.8, 4) is 0 Å². The normalized spacial score (nSPS) is 19.5. The average Bonchev–Trinajstić information content (AvgIpc) is 3.07. The summed E-state index contributed by atoms with van der Waals surface area (Å²) in [6, 6.07) is 7.73. The van der Waals surface area contributed by atoms with Crippen LogP contribution < -0.4 is 5.32 Å². The predicted octanol–water partition coefficient (Wildman–Crippen LogP) is 2.57. The number of carbonyl (C=O) groups excluding carboxylic acids is 1. The number of rotatable bonds is 5. The van der Waals surface area contributed by atoms with Gasteiger partial charge in [0.15, 0.2) is 5.11 Å². The molecule has 3 rings (SSSR count). The number of nitrogens with one attached hydrogen (secondary N) is 1. The molecule has 0 aliphatic carbocycles. The Kier molecular flexibility index (Phi) is 5.27. The molecule has 0 spiro atoms. The zero-order chi connectivity index (χ0) is 18.8. The van der Waals surface area contributed by atoms with Crippen molar-refractivity contribution < 1.29 is 9.53 Å². The van der Waals surface area contributed by atoms with Crippen molar-refractivity contribution in [3.63, 3.8) is 0 Å². The Balaban J connectivity index is 2.04. The fourth-order valence-electron chi connectivity index (χ4n) is 3.44. The molecule has 0 bridgehead atoms. The fourth-order valence-corrected chi connectivity index (χ4v) is 3.75. The van der Waals surface area contributed by atoms with Gasteiger partial charge in [-0.05, 0) is 56.8 Å². The lowest BCUT2D eigenvalue weighted by molar-refractivity contribution is -0.143. The number of hydrogen-bond acceptors (Lipinski definition) is 4. The van der Waals surface area contributed by atoms with Gasteiger partial charge in [-0.25, -0.2) is 0 Å². The molecular formula is C19H24N4O2S. The van der Waals surface area contributed by atoms with Crippen molar-refractivity contribution >= 4 is 23.3 Å². The molecule has 1 aliphatic heterocycles. The Hall–Kier alpha value is -2.41. The van der Waals surface area contributed by atoms with Gasteiger partial charge in [0.05, 0.1) is 24.4 Å². The molecule has 138 valence electrons. The van der Waals surface area contributed by atoms with Crippen LogP contribution in [0, 0.1) is 13.8 Å². The monoisotopic (exact) mass is 372 g/mol. The molecule has 2 aromatic heterocycles. The first-order valence-electron chi connectivity index (χ1n) is 8.70. The summed E-state index contributed by atoms with van der Waals surface area (Å²) < 4.78 is 7.30. The van der Waals surface area contributed by atoms with Crippen LogP contribution in [-0.2, 0) is 16.6 Å². The zero-order valence-electron chi connectivity index (χ0n) is 15.5. The summed E-state index contributed by atoms with van der Waals surface area (Å²) in [5.74, 6) is -0.284. The second-order valence-corrected chi connectivity index (χ2v) is 6.83. The number of nitrogens with zero attached hydrogens (tertiary/aromatic N) is 3. The van der Waals surface area contributed by atoms with Crippen molar-refractivity contribution in [2.75, 3.05) is 13.2 Å². The second-order valence-electron chi connectivity index (χ2n) is 6.45. The highest BCUT2D eigenvalue weighted by molar-refractivity contribution is 7.80. The van der Waals surface area contributed by atoms with Gasteiger partial charge < -0.3 is 19.5 Å². The third-order valence-electron chi connectivity index (χ3n) is 4.94. The molecule has 7 heteroatoms. The lowest BCUT2D eigenvalue weighted by atomic mass is 9.97. The molecule has 0 radical (unpaired) electrons. The van der Waals surface area contributed by atoms with E-state index in [1.807, 2.05) is 30.1 Å². The number of thiocarbonyl (C=S) groups is 1. The van der Waals surface area contributed by atoms with E-state index in [4.69, 9.17) is 17.0 Å². The molecule has 2 unspecified atom stereocenters. The van der Waals surface area contributed by atoms with E-state index in [9.17, 15) is 4.79 Å². The van der Waals surface area contributed by atoms with E-state index in [0.29, 0.717) is 11.7 Å². The van der Waals surface area contributed by atoms with E-state index in [1.165, 1.54) is 0 Å². The van der Waals surface area contributed by atoms with E-state index < -0.39 is 0 Å². The third-order valence-corrected chi connectivity index (χ3v) is 5.29. The Bertz CT molecular complexity index is 818. The van der Waals surface area contributed by atoms with Gasteiger partial charge in [-0.3, -0.25) is 9.78 Å². The average molecular weight is 372 g/mol. The molecule has 1 fully saturated rings. The summed E-state index contributed by atoms with van der Waals surface area (Å²) in [4.78, 5) is 18.6. The van der Waals surface area contributed by atoms with Gasteiger partial charge in [-0.1, -0.05) is 6.07 Å². The van der Waals surface area contributed by atoms with E-state index in [1.54, 1.807) is 13.1 Å². The van der Waals surface area contributed by atoms with Crippen molar-refractivity contribution in [1.29, 1.82) is 0 Å². The summed E-state index contributed by atoms with van der Waals surface area (Å²) >= 11 is 5.55. The Morgan fingerprint density at radius 3 is 2.73 bits per heavy atom. The molecule has 1 saturated heterocycles. The molecule has 26 heavy (non-hydrogen) atoms. The van der Waals surface area contributed by atoms with E-state index >= 15 is 0 Å². The van der Waals surface area contributed by atoms with E-state index in [2.05, 4.69) is 34.8 Å². The van der Waals surface area contributed by atoms with Crippen molar-refractivity contribution in [2.24, 2.45) is 7.05 Å². The summed E-state index contributed by atoms with van der Waals surface area (Å²) in [5, 5.41) is 3.89. The van der Waals surface area contributed by atoms with Crippen LogP contribution in [0.5, 0.6) is 0 Å². The summed E-state index contributed by atoms with van der Waals surface area (Å²) in [6.45, 7) is 6.42. The molecule has 2 atom stereocenters. The molecule has 1 aliphatic rings. The number of esters is 1. The molecule has 3 heterocycles. The van der Waals surface area contributed by atoms with Gasteiger partial charge in [-0.2, -0.15) is 0 Å². The molecule has 0 aromatic carbocycles. The predicted molar refractivity (Wildman–Crippen MR) is 104 cm³/mol. The van der Waals surface area contributed by atoms with Crippen LogP contribution in [-0.4, -0.2) is 38.7 Å². The molecule has 6 nitrogen and oxygen atoms in total. The van der Waals surface area contributed by atoms with Crippen LogP contribution in [0.4, 0.5) is 0 Å². The third kappa shape index (κ3) is 3.31. The lowest BCUT2D eigenvalue weighted by Gasteiger charge is -2.27. The number of hydrogen-bond donors (Lipinski definition) is 1.